The number of hydrogen-bond donors (Lipinski definition) is 1. The number of unbranched alkanes of at least 4 members (excludes halogenated alkanes) is 5. The summed E-state index contributed by atoms with van der Waals surface area (Å²) in [5.41, 5.74) is 1.91. The Labute approximate surface area is 234 Å². The average Bonchev–Trinajstić information content (AvgIpc) is 2.93. The van der Waals surface area contributed by atoms with Crippen LogP contribution in [0.15, 0.2) is 24.3 Å². The molecule has 1 aromatic carbocycles. The van der Waals surface area contributed by atoms with Crippen LogP contribution in [0.5, 0.6) is 0 Å². The number of carbonyl (C=O) groups is 4. The number of nitrogens with one attached hydrogen (secondary N) is 1. The SMILES string of the molecule is COC(=O)NCCCCCC(=O)CCCCOCCOCCCC(=O)CCCCCC(=O)c1ccc(C)cc1. The Kier molecular flexibility index (Phi) is 20.6. The molecule has 0 aliphatic heterocycles. The second-order valence-electron chi connectivity index (χ2n) is 9.94. The number of rotatable bonds is 25. The van der Waals surface area contributed by atoms with E-state index in [0.29, 0.717) is 71.5 Å². The molecule has 0 aliphatic rings. The average molecular weight is 548 g/mol. The third-order valence-electron chi connectivity index (χ3n) is 6.43. The Bertz CT molecular complexity index is 823. The van der Waals surface area contributed by atoms with E-state index in [0.717, 1.165) is 62.5 Å². The van der Waals surface area contributed by atoms with E-state index in [-0.39, 0.29) is 17.3 Å². The molecule has 8 nitrogen and oxygen atoms in total. The van der Waals surface area contributed by atoms with Gasteiger partial charge in [-0.1, -0.05) is 42.7 Å². The number of hydrogen-bond acceptors (Lipinski definition) is 7. The lowest BCUT2D eigenvalue weighted by atomic mass is 10.0. The Balaban J connectivity index is 1.82. The van der Waals surface area contributed by atoms with Crippen LogP contribution in [0, 0.1) is 6.92 Å². The van der Waals surface area contributed by atoms with Crippen molar-refractivity contribution in [3.05, 3.63) is 35.4 Å². The topological polar surface area (TPSA) is 108 Å². The summed E-state index contributed by atoms with van der Waals surface area (Å²) in [6, 6.07) is 7.67. The van der Waals surface area contributed by atoms with Gasteiger partial charge in [-0.3, -0.25) is 14.4 Å². The molecule has 8 heteroatoms. The summed E-state index contributed by atoms with van der Waals surface area (Å²) in [6.45, 7) is 4.76. The zero-order valence-electron chi connectivity index (χ0n) is 24.1. The summed E-state index contributed by atoms with van der Waals surface area (Å²) < 4.78 is 15.6. The molecule has 39 heavy (non-hydrogen) atoms. The Morgan fingerprint density at radius 1 is 0.615 bits per heavy atom. The molecule has 0 aromatic heterocycles. The fourth-order valence-electron chi connectivity index (χ4n) is 4.02. The van der Waals surface area contributed by atoms with Gasteiger partial charge in [0.1, 0.15) is 11.6 Å². The number of ketones is 3. The van der Waals surface area contributed by atoms with Crippen LogP contribution in [0.25, 0.3) is 0 Å². The summed E-state index contributed by atoms with van der Waals surface area (Å²) in [7, 11) is 1.34. The van der Waals surface area contributed by atoms with Gasteiger partial charge in [-0.2, -0.15) is 0 Å². The van der Waals surface area contributed by atoms with E-state index in [9.17, 15) is 19.2 Å². The normalized spacial score (nSPS) is 10.8. The minimum atomic E-state index is -0.421. The minimum absolute atomic E-state index is 0.170. The number of methoxy groups -OCH3 is 1. The van der Waals surface area contributed by atoms with Crippen molar-refractivity contribution in [3.8, 4) is 0 Å². The number of amides is 1. The van der Waals surface area contributed by atoms with Crippen molar-refractivity contribution in [1.82, 2.24) is 5.32 Å². The van der Waals surface area contributed by atoms with Gasteiger partial charge in [-0.15, -0.1) is 0 Å². The van der Waals surface area contributed by atoms with Crippen LogP contribution in [0.3, 0.4) is 0 Å². The van der Waals surface area contributed by atoms with Gasteiger partial charge >= 0.3 is 6.09 Å². The van der Waals surface area contributed by atoms with Crippen molar-refractivity contribution in [2.24, 2.45) is 0 Å². The van der Waals surface area contributed by atoms with E-state index in [1.165, 1.54) is 7.11 Å². The predicted octanol–water partition coefficient (Wildman–Crippen LogP) is 6.17. The molecule has 0 unspecified atom stereocenters. The highest BCUT2D eigenvalue weighted by Gasteiger charge is 2.07. The molecule has 1 N–H and O–H groups in total. The van der Waals surface area contributed by atoms with E-state index < -0.39 is 6.09 Å². The molecule has 1 amide bonds. The zero-order valence-corrected chi connectivity index (χ0v) is 24.1. The minimum Gasteiger partial charge on any atom is -0.453 e. The first kappa shape index (κ1) is 34.4. The number of Topliss-reactive ketones (excluding diaryl/α,β-unsaturated/α-hetero) is 3. The lowest BCUT2D eigenvalue weighted by Crippen LogP contribution is -2.23. The summed E-state index contributed by atoms with van der Waals surface area (Å²) >= 11 is 0. The zero-order chi connectivity index (χ0) is 28.6. The highest BCUT2D eigenvalue weighted by atomic mass is 16.5. The van der Waals surface area contributed by atoms with Crippen molar-refractivity contribution in [3.63, 3.8) is 0 Å². The molecule has 0 saturated heterocycles. The van der Waals surface area contributed by atoms with Crippen LogP contribution in [-0.4, -0.2) is 63.5 Å². The number of aryl methyl sites for hydroxylation is 1. The van der Waals surface area contributed by atoms with Crippen LogP contribution < -0.4 is 5.32 Å². The van der Waals surface area contributed by atoms with Crippen LogP contribution in [-0.2, 0) is 23.8 Å². The fraction of sp³-hybridized carbons (Fsp3) is 0.677. The van der Waals surface area contributed by atoms with E-state index >= 15 is 0 Å². The quantitative estimate of drug-likeness (QED) is 0.115. The van der Waals surface area contributed by atoms with Gasteiger partial charge in [0, 0.05) is 57.4 Å². The lowest BCUT2D eigenvalue weighted by molar-refractivity contribution is -0.120. The highest BCUT2D eigenvalue weighted by molar-refractivity contribution is 5.96. The van der Waals surface area contributed by atoms with Gasteiger partial charge in [0.15, 0.2) is 5.78 Å². The number of ether oxygens (including phenoxy) is 3. The molecule has 0 spiro atoms. The lowest BCUT2D eigenvalue weighted by Gasteiger charge is -2.06. The first-order valence-electron chi connectivity index (χ1n) is 14.5. The molecule has 0 bridgehead atoms. The van der Waals surface area contributed by atoms with Crippen LogP contribution in [0.4, 0.5) is 4.79 Å². The molecule has 0 radical (unpaired) electrons. The van der Waals surface area contributed by atoms with Crippen molar-refractivity contribution < 1.29 is 33.4 Å². The third-order valence-corrected chi connectivity index (χ3v) is 6.43. The van der Waals surface area contributed by atoms with Crippen molar-refractivity contribution >= 4 is 23.4 Å². The first-order chi connectivity index (χ1) is 18.9. The molecule has 220 valence electrons. The number of carbonyl (C=O) groups excluding carboxylic acids is 4. The Morgan fingerprint density at radius 3 is 1.74 bits per heavy atom. The van der Waals surface area contributed by atoms with Crippen LogP contribution in [0.1, 0.15) is 106 Å². The van der Waals surface area contributed by atoms with Crippen molar-refractivity contribution in [2.45, 2.75) is 96.8 Å². The smallest absolute Gasteiger partial charge is 0.406 e. The molecule has 1 aromatic rings. The van der Waals surface area contributed by atoms with Gasteiger partial charge in [0.05, 0.1) is 20.3 Å². The van der Waals surface area contributed by atoms with Crippen LogP contribution in [0.2, 0.25) is 0 Å². The van der Waals surface area contributed by atoms with E-state index in [2.05, 4.69) is 10.1 Å². The fourth-order valence-corrected chi connectivity index (χ4v) is 4.02. The maximum absolute atomic E-state index is 12.2. The monoisotopic (exact) mass is 547 g/mol. The molecular formula is C31H49NO7. The molecule has 0 fully saturated rings. The maximum Gasteiger partial charge on any atom is 0.406 e. The molecule has 0 heterocycles. The van der Waals surface area contributed by atoms with Crippen molar-refractivity contribution in [2.75, 3.05) is 40.1 Å². The molecule has 1 rings (SSSR count). The summed E-state index contributed by atoms with van der Waals surface area (Å²) in [5, 5.41) is 2.62. The van der Waals surface area contributed by atoms with Crippen LogP contribution >= 0.6 is 0 Å². The molecule has 0 saturated carbocycles. The van der Waals surface area contributed by atoms with Gasteiger partial charge < -0.3 is 19.5 Å². The number of benzene rings is 1. The Hall–Kier alpha value is -2.58. The summed E-state index contributed by atoms with van der Waals surface area (Å²) in [6.07, 6.45) is 9.91. The van der Waals surface area contributed by atoms with E-state index in [1.807, 2.05) is 31.2 Å². The third kappa shape index (κ3) is 20.0. The predicted molar refractivity (Wildman–Crippen MR) is 152 cm³/mol. The van der Waals surface area contributed by atoms with E-state index in [1.54, 1.807) is 0 Å². The standard InChI is InChI=1S/C31H49NO7/c1-26-17-19-27(20-18-26)30(35)16-7-3-5-12-29(34)15-11-23-39-25-24-38-22-10-8-14-28(33)13-6-4-9-21-32-31(36)37-2/h17-20H,3-16,21-25H2,1-2H3,(H,32,36). The first-order valence-corrected chi connectivity index (χ1v) is 14.5. The number of alkyl carbamates (subject to hydrolysis) is 1. The maximum atomic E-state index is 12.2. The molecule has 0 aliphatic carbocycles. The molecular weight excluding hydrogens is 498 g/mol. The van der Waals surface area contributed by atoms with Gasteiger partial charge in [0.2, 0.25) is 0 Å². The highest BCUT2D eigenvalue weighted by Crippen LogP contribution is 2.11. The van der Waals surface area contributed by atoms with Crippen molar-refractivity contribution in [1.29, 1.82) is 0 Å². The molecule has 0 atom stereocenters. The van der Waals surface area contributed by atoms with Gasteiger partial charge in [-0.05, 0) is 51.9 Å². The van der Waals surface area contributed by atoms with Gasteiger partial charge in [0.25, 0.3) is 0 Å². The largest absolute Gasteiger partial charge is 0.453 e. The second kappa shape index (κ2) is 23.3. The summed E-state index contributed by atoms with van der Waals surface area (Å²) in [5.74, 6) is 0.704. The Morgan fingerprint density at radius 2 is 1.13 bits per heavy atom. The second-order valence-corrected chi connectivity index (χ2v) is 9.94. The summed E-state index contributed by atoms with van der Waals surface area (Å²) in [4.78, 5) is 47.0. The van der Waals surface area contributed by atoms with E-state index in [4.69, 9.17) is 9.47 Å². The van der Waals surface area contributed by atoms with Gasteiger partial charge in [-0.25, -0.2) is 4.79 Å².